The normalized spacial score (nSPS) is 16.0. The number of aliphatic hydroxyl groups is 1. The molecule has 2 aromatic rings. The number of halogens is 3. The zero-order chi connectivity index (χ0) is 17.9. The van der Waals surface area contributed by atoms with Gasteiger partial charge in [0.15, 0.2) is 0 Å². The molecule has 0 radical (unpaired) electrons. The lowest BCUT2D eigenvalue weighted by Gasteiger charge is -2.14. The molecule has 1 aliphatic carbocycles. The smallest absolute Gasteiger partial charge is 0.416 e. The maximum Gasteiger partial charge on any atom is 0.416 e. The highest BCUT2D eigenvalue weighted by Crippen LogP contribution is 2.39. The highest BCUT2D eigenvalue weighted by Gasteiger charge is 2.30. The van der Waals surface area contributed by atoms with Crippen molar-refractivity contribution in [2.75, 3.05) is 13.2 Å². The lowest BCUT2D eigenvalue weighted by Crippen LogP contribution is -2.31. The third-order valence-corrected chi connectivity index (χ3v) is 3.95. The first kappa shape index (κ1) is 17.8. The van der Waals surface area contributed by atoms with Crippen molar-refractivity contribution in [3.63, 3.8) is 0 Å². The minimum atomic E-state index is -4.41. The van der Waals surface area contributed by atoms with Gasteiger partial charge in [0.2, 0.25) is 0 Å². The first-order valence-electron chi connectivity index (χ1n) is 8.15. The molecule has 1 heterocycles. The summed E-state index contributed by atoms with van der Waals surface area (Å²) in [6.45, 7) is 0.696. The van der Waals surface area contributed by atoms with E-state index in [0.29, 0.717) is 12.5 Å². The Labute approximate surface area is 143 Å². The molecule has 3 rings (SSSR count). The number of aromatic amines is 1. The lowest BCUT2D eigenvalue weighted by molar-refractivity contribution is -0.137. The number of aromatic nitrogens is 2. The molecule has 1 atom stereocenters. The number of ether oxygens (including phenoxy) is 1. The topological polar surface area (TPSA) is 70.2 Å². The first-order valence-corrected chi connectivity index (χ1v) is 8.15. The first-order chi connectivity index (χ1) is 11.9. The fraction of sp³-hybridized carbons (Fsp3) is 0.471. The van der Waals surface area contributed by atoms with Crippen LogP contribution in [0.3, 0.4) is 0 Å². The van der Waals surface area contributed by atoms with Gasteiger partial charge in [-0.25, -0.2) is 0 Å². The fourth-order valence-corrected chi connectivity index (χ4v) is 2.45. The quantitative estimate of drug-likeness (QED) is 0.681. The Kier molecular flexibility index (Phi) is 5.29. The molecule has 5 nitrogen and oxygen atoms in total. The Bertz CT molecular complexity index is 698. The van der Waals surface area contributed by atoms with Crippen LogP contribution in [0.25, 0.3) is 0 Å². The Balaban J connectivity index is 1.39. The zero-order valence-electron chi connectivity index (χ0n) is 13.5. The third kappa shape index (κ3) is 5.20. The van der Waals surface area contributed by atoms with Crippen LogP contribution in [0.2, 0.25) is 0 Å². The molecule has 0 bridgehead atoms. The minimum Gasteiger partial charge on any atom is -0.491 e. The summed E-state index contributed by atoms with van der Waals surface area (Å²) >= 11 is 0. The van der Waals surface area contributed by atoms with Crippen molar-refractivity contribution in [1.82, 2.24) is 15.5 Å². The second-order valence-corrected chi connectivity index (χ2v) is 6.21. The molecule has 0 aliphatic heterocycles. The number of hydrogen-bond donors (Lipinski definition) is 3. The molecule has 1 aromatic heterocycles. The van der Waals surface area contributed by atoms with Gasteiger partial charge in [0, 0.05) is 24.7 Å². The van der Waals surface area contributed by atoms with Crippen molar-refractivity contribution < 1.29 is 23.0 Å². The molecule has 1 aromatic carbocycles. The number of alkyl halides is 3. The van der Waals surface area contributed by atoms with E-state index in [9.17, 15) is 18.3 Å². The highest BCUT2D eigenvalue weighted by molar-refractivity contribution is 5.30. The number of rotatable bonds is 8. The van der Waals surface area contributed by atoms with Gasteiger partial charge in [0.1, 0.15) is 18.5 Å². The van der Waals surface area contributed by atoms with Crippen molar-refractivity contribution in [3.05, 3.63) is 47.3 Å². The van der Waals surface area contributed by atoms with E-state index in [1.165, 1.54) is 25.0 Å². The molecule has 3 N–H and O–H groups in total. The van der Waals surface area contributed by atoms with Crippen LogP contribution in [0, 0.1) is 0 Å². The second kappa shape index (κ2) is 7.45. The maximum absolute atomic E-state index is 12.6. The molecule has 1 saturated carbocycles. The molecule has 0 saturated heterocycles. The van der Waals surface area contributed by atoms with Crippen LogP contribution in [0.1, 0.15) is 35.7 Å². The van der Waals surface area contributed by atoms with Crippen molar-refractivity contribution >= 4 is 0 Å². The van der Waals surface area contributed by atoms with E-state index in [2.05, 4.69) is 15.5 Å². The summed E-state index contributed by atoms with van der Waals surface area (Å²) in [7, 11) is 0. The number of aliphatic hydroxyl groups excluding tert-OH is 1. The predicted molar refractivity (Wildman–Crippen MR) is 85.2 cm³/mol. The Morgan fingerprint density at radius 1 is 1.32 bits per heavy atom. The minimum absolute atomic E-state index is 0.0801. The molecule has 8 heteroatoms. The predicted octanol–water partition coefficient (Wildman–Crippen LogP) is 2.84. The SMILES string of the molecule is OC(CNCc1cc(C2CC2)n[nH]1)COc1cccc(C(F)(F)F)c1. The van der Waals surface area contributed by atoms with Crippen molar-refractivity contribution in [2.24, 2.45) is 0 Å². The van der Waals surface area contributed by atoms with Gasteiger partial charge in [-0.3, -0.25) is 5.10 Å². The summed E-state index contributed by atoms with van der Waals surface area (Å²) in [6, 6.07) is 6.61. The van der Waals surface area contributed by atoms with E-state index in [-0.39, 0.29) is 18.9 Å². The van der Waals surface area contributed by atoms with E-state index >= 15 is 0 Å². The zero-order valence-corrected chi connectivity index (χ0v) is 13.5. The van der Waals surface area contributed by atoms with Gasteiger partial charge in [-0.15, -0.1) is 0 Å². The maximum atomic E-state index is 12.6. The fourth-order valence-electron chi connectivity index (χ4n) is 2.45. The van der Waals surface area contributed by atoms with Crippen LogP contribution in [0.4, 0.5) is 13.2 Å². The third-order valence-electron chi connectivity index (χ3n) is 3.95. The van der Waals surface area contributed by atoms with E-state index < -0.39 is 17.8 Å². The molecule has 25 heavy (non-hydrogen) atoms. The van der Waals surface area contributed by atoms with Crippen LogP contribution in [-0.2, 0) is 12.7 Å². The van der Waals surface area contributed by atoms with Crippen molar-refractivity contribution in [3.8, 4) is 5.75 Å². The molecule has 1 aliphatic rings. The van der Waals surface area contributed by atoms with Crippen LogP contribution in [0.15, 0.2) is 30.3 Å². The number of benzene rings is 1. The van der Waals surface area contributed by atoms with E-state index in [0.717, 1.165) is 23.5 Å². The number of H-pyrrole nitrogens is 1. The molecule has 0 spiro atoms. The summed E-state index contributed by atoms with van der Waals surface area (Å²) in [4.78, 5) is 0. The lowest BCUT2D eigenvalue weighted by atomic mass is 10.2. The average Bonchev–Trinajstić information content (AvgIpc) is 3.32. The summed E-state index contributed by atoms with van der Waals surface area (Å²) in [5, 5.41) is 20.1. The van der Waals surface area contributed by atoms with E-state index in [1.807, 2.05) is 6.07 Å². The standard InChI is InChI=1S/C17H20F3N3O2/c18-17(19,20)12-2-1-3-15(6-12)25-10-14(24)9-21-8-13-7-16(23-22-13)11-4-5-11/h1-3,6-7,11,14,21,24H,4-5,8-10H2,(H,22,23). The van der Waals surface area contributed by atoms with Gasteiger partial charge in [-0.1, -0.05) is 6.07 Å². The molecule has 136 valence electrons. The summed E-state index contributed by atoms with van der Waals surface area (Å²) in [5.74, 6) is 0.660. The number of hydrogen-bond acceptors (Lipinski definition) is 4. The van der Waals surface area contributed by atoms with Gasteiger partial charge in [-0.2, -0.15) is 18.3 Å². The van der Waals surface area contributed by atoms with Crippen LogP contribution in [0.5, 0.6) is 5.75 Å². The molecular formula is C17H20F3N3O2. The molecule has 1 unspecified atom stereocenters. The van der Waals surface area contributed by atoms with Crippen molar-refractivity contribution in [1.29, 1.82) is 0 Å². The van der Waals surface area contributed by atoms with Gasteiger partial charge in [-0.05, 0) is 37.1 Å². The largest absolute Gasteiger partial charge is 0.491 e. The van der Waals surface area contributed by atoms with Gasteiger partial charge >= 0.3 is 6.18 Å². The monoisotopic (exact) mass is 355 g/mol. The van der Waals surface area contributed by atoms with Crippen LogP contribution >= 0.6 is 0 Å². The highest BCUT2D eigenvalue weighted by atomic mass is 19.4. The molecule has 0 amide bonds. The van der Waals surface area contributed by atoms with Crippen LogP contribution in [-0.4, -0.2) is 34.6 Å². The summed E-state index contributed by atoms with van der Waals surface area (Å²) < 4.78 is 43.1. The van der Waals surface area contributed by atoms with Gasteiger partial charge < -0.3 is 15.2 Å². The Hall–Kier alpha value is -2.06. The van der Waals surface area contributed by atoms with Crippen LogP contribution < -0.4 is 10.1 Å². The average molecular weight is 355 g/mol. The second-order valence-electron chi connectivity index (χ2n) is 6.21. The Morgan fingerprint density at radius 2 is 2.12 bits per heavy atom. The number of nitrogens with zero attached hydrogens (tertiary/aromatic N) is 1. The van der Waals surface area contributed by atoms with Crippen molar-refractivity contribution in [2.45, 2.75) is 37.6 Å². The van der Waals surface area contributed by atoms with E-state index in [4.69, 9.17) is 4.74 Å². The van der Waals surface area contributed by atoms with E-state index in [1.54, 1.807) is 0 Å². The van der Waals surface area contributed by atoms with Gasteiger partial charge in [0.05, 0.1) is 11.3 Å². The molecule has 1 fully saturated rings. The molecular weight excluding hydrogens is 335 g/mol. The van der Waals surface area contributed by atoms with Gasteiger partial charge in [0.25, 0.3) is 0 Å². The summed E-state index contributed by atoms with van der Waals surface area (Å²) in [5.41, 5.74) is 1.24. The number of nitrogens with one attached hydrogen (secondary N) is 2. The Morgan fingerprint density at radius 3 is 2.84 bits per heavy atom. The summed E-state index contributed by atoms with van der Waals surface area (Å²) in [6.07, 6.45) is -2.88.